The molecule has 5 heteroatoms. The zero-order valence-corrected chi connectivity index (χ0v) is 13.9. The molecule has 1 atom stereocenters. The highest BCUT2D eigenvalue weighted by Gasteiger charge is 2.18. The zero-order chi connectivity index (χ0) is 14.8. The van der Waals surface area contributed by atoms with Crippen LogP contribution in [0.2, 0.25) is 5.02 Å². The second-order valence-corrected chi connectivity index (χ2v) is 6.67. The number of para-hydroxylation sites is 1. The molecule has 21 heavy (non-hydrogen) atoms. The van der Waals surface area contributed by atoms with Gasteiger partial charge in [0.1, 0.15) is 5.82 Å². The molecule has 0 amide bonds. The van der Waals surface area contributed by atoms with Crippen LogP contribution in [-0.2, 0) is 12.4 Å². The average Bonchev–Trinajstić information content (AvgIpc) is 3.07. The normalized spacial score (nSPS) is 17.7. The van der Waals surface area contributed by atoms with Gasteiger partial charge in [-0.2, -0.15) is 0 Å². The van der Waals surface area contributed by atoms with Crippen molar-refractivity contribution in [3.05, 3.63) is 29.0 Å². The zero-order valence-electron chi connectivity index (χ0n) is 12.4. The van der Waals surface area contributed by atoms with Crippen LogP contribution in [0.5, 0.6) is 0 Å². The largest absolute Gasteiger partial charge is 0.325 e. The van der Waals surface area contributed by atoms with Gasteiger partial charge in [-0.1, -0.05) is 24.6 Å². The van der Waals surface area contributed by atoms with Gasteiger partial charge >= 0.3 is 0 Å². The van der Waals surface area contributed by atoms with E-state index in [4.69, 9.17) is 23.2 Å². The Morgan fingerprint density at radius 3 is 2.71 bits per heavy atom. The van der Waals surface area contributed by atoms with Gasteiger partial charge in [-0.15, -0.1) is 11.6 Å². The summed E-state index contributed by atoms with van der Waals surface area (Å²) in [4.78, 5) is 7.16. The van der Waals surface area contributed by atoms with Gasteiger partial charge in [0.2, 0.25) is 0 Å². The van der Waals surface area contributed by atoms with Gasteiger partial charge in [-0.3, -0.25) is 0 Å². The van der Waals surface area contributed by atoms with Gasteiger partial charge in [-0.05, 0) is 44.0 Å². The Morgan fingerprint density at radius 1 is 1.24 bits per heavy atom. The topological polar surface area (TPSA) is 21.1 Å². The number of benzene rings is 1. The third kappa shape index (κ3) is 3.20. The van der Waals surface area contributed by atoms with E-state index in [9.17, 15) is 0 Å². The number of imidazole rings is 1. The van der Waals surface area contributed by atoms with Crippen LogP contribution in [0.15, 0.2) is 18.2 Å². The van der Waals surface area contributed by atoms with Crippen LogP contribution in [0.1, 0.15) is 25.6 Å². The fourth-order valence-corrected chi connectivity index (χ4v) is 3.74. The van der Waals surface area contributed by atoms with Crippen LogP contribution >= 0.6 is 23.2 Å². The Hall–Kier alpha value is -0.770. The summed E-state index contributed by atoms with van der Waals surface area (Å²) in [5.41, 5.74) is 1.95. The molecule has 3 nitrogen and oxygen atoms in total. The van der Waals surface area contributed by atoms with Gasteiger partial charge in [0.25, 0.3) is 0 Å². The lowest BCUT2D eigenvalue weighted by Gasteiger charge is -2.21. The molecule has 114 valence electrons. The molecule has 0 radical (unpaired) electrons. The standard InChI is InChI=1S/C16H21Cl2N3/c1-12(10-20-7-2-3-8-20)11-21-15(9-17)19-14-6-4-5-13(18)16(14)21/h4-6,12H,2-3,7-11H2,1H3. The molecule has 1 aliphatic heterocycles. The molecule has 0 bridgehead atoms. The Morgan fingerprint density at radius 2 is 2.00 bits per heavy atom. The first-order valence-electron chi connectivity index (χ1n) is 7.61. The highest BCUT2D eigenvalue weighted by Crippen LogP contribution is 2.26. The van der Waals surface area contributed by atoms with Gasteiger partial charge in [-0.25, -0.2) is 4.98 Å². The molecule has 1 saturated heterocycles. The molecule has 0 spiro atoms. The molecular formula is C16H21Cl2N3. The first-order chi connectivity index (χ1) is 10.2. The predicted octanol–water partition coefficient (Wildman–Crippen LogP) is 4.16. The van der Waals surface area contributed by atoms with E-state index in [1.165, 1.54) is 25.9 Å². The molecule has 0 saturated carbocycles. The molecule has 2 aromatic rings. The fraction of sp³-hybridized carbons (Fsp3) is 0.562. The van der Waals surface area contributed by atoms with Crippen molar-refractivity contribution < 1.29 is 0 Å². The Balaban J connectivity index is 1.84. The maximum Gasteiger partial charge on any atom is 0.124 e. The molecule has 3 rings (SSSR count). The summed E-state index contributed by atoms with van der Waals surface area (Å²) in [5.74, 6) is 1.88. The van der Waals surface area contributed by atoms with Gasteiger partial charge < -0.3 is 9.47 Å². The number of alkyl halides is 1. The number of rotatable bonds is 5. The van der Waals surface area contributed by atoms with Crippen molar-refractivity contribution in [1.29, 1.82) is 0 Å². The lowest BCUT2D eigenvalue weighted by molar-refractivity contribution is 0.272. The van der Waals surface area contributed by atoms with Gasteiger partial charge in [0.05, 0.1) is 21.9 Å². The first kappa shape index (κ1) is 15.1. The quantitative estimate of drug-likeness (QED) is 0.769. The first-order valence-corrected chi connectivity index (χ1v) is 8.52. The van der Waals surface area contributed by atoms with E-state index in [0.29, 0.717) is 11.8 Å². The maximum atomic E-state index is 6.37. The molecule has 1 unspecified atom stereocenters. The lowest BCUT2D eigenvalue weighted by Crippen LogP contribution is -2.27. The van der Waals surface area contributed by atoms with Crippen molar-refractivity contribution in [1.82, 2.24) is 14.5 Å². The lowest BCUT2D eigenvalue weighted by atomic mass is 10.1. The fourth-order valence-electron chi connectivity index (χ4n) is 3.26. The highest BCUT2D eigenvalue weighted by atomic mass is 35.5. The van der Waals surface area contributed by atoms with E-state index in [1.54, 1.807) is 0 Å². The Labute approximate surface area is 135 Å². The minimum absolute atomic E-state index is 0.418. The van der Waals surface area contributed by atoms with E-state index in [-0.39, 0.29) is 0 Å². The predicted molar refractivity (Wildman–Crippen MR) is 89.1 cm³/mol. The van der Waals surface area contributed by atoms with Crippen molar-refractivity contribution in [3.63, 3.8) is 0 Å². The van der Waals surface area contributed by atoms with Crippen molar-refractivity contribution in [2.75, 3.05) is 19.6 Å². The maximum absolute atomic E-state index is 6.37. The number of fused-ring (bicyclic) bond motifs is 1. The summed E-state index contributed by atoms with van der Waals surface area (Å²) in [6, 6.07) is 5.86. The number of hydrogen-bond donors (Lipinski definition) is 0. The second kappa shape index (κ2) is 6.55. The molecule has 1 fully saturated rings. The molecule has 0 aliphatic carbocycles. The summed E-state index contributed by atoms with van der Waals surface area (Å²) < 4.78 is 2.20. The number of halogens is 2. The highest BCUT2D eigenvalue weighted by molar-refractivity contribution is 6.35. The van der Waals surface area contributed by atoms with E-state index in [0.717, 1.165) is 35.0 Å². The van der Waals surface area contributed by atoms with Crippen molar-refractivity contribution in [2.45, 2.75) is 32.2 Å². The number of nitrogens with zero attached hydrogens (tertiary/aromatic N) is 3. The summed E-state index contributed by atoms with van der Waals surface area (Å²) in [5, 5.41) is 0.754. The smallest absolute Gasteiger partial charge is 0.124 e. The van der Waals surface area contributed by atoms with E-state index < -0.39 is 0 Å². The molecule has 2 heterocycles. The molecule has 1 aliphatic rings. The van der Waals surface area contributed by atoms with Crippen molar-refractivity contribution in [3.8, 4) is 0 Å². The number of hydrogen-bond acceptors (Lipinski definition) is 2. The van der Waals surface area contributed by atoms with Gasteiger partial charge in [0.15, 0.2) is 0 Å². The van der Waals surface area contributed by atoms with Crippen molar-refractivity contribution >= 4 is 34.2 Å². The average molecular weight is 326 g/mol. The summed E-state index contributed by atoms with van der Waals surface area (Å²) >= 11 is 12.4. The summed E-state index contributed by atoms with van der Waals surface area (Å²) in [6.45, 7) is 6.81. The third-order valence-corrected chi connectivity index (χ3v) is 4.72. The Kier molecular flexibility index (Phi) is 4.72. The number of likely N-dealkylation sites (tertiary alicyclic amines) is 1. The molecule has 0 N–H and O–H groups in total. The van der Waals surface area contributed by atoms with E-state index >= 15 is 0 Å². The molecular weight excluding hydrogens is 305 g/mol. The van der Waals surface area contributed by atoms with Crippen LogP contribution in [0.25, 0.3) is 11.0 Å². The van der Waals surface area contributed by atoms with E-state index in [2.05, 4.69) is 21.4 Å². The van der Waals surface area contributed by atoms with Crippen LogP contribution in [0, 0.1) is 5.92 Å². The Bertz CT molecular complexity index is 617. The summed E-state index contributed by atoms with van der Waals surface area (Å²) in [6.07, 6.45) is 2.67. The monoisotopic (exact) mass is 325 g/mol. The number of aromatic nitrogens is 2. The third-order valence-electron chi connectivity index (χ3n) is 4.18. The van der Waals surface area contributed by atoms with Gasteiger partial charge in [0, 0.05) is 13.1 Å². The van der Waals surface area contributed by atoms with Crippen molar-refractivity contribution in [2.24, 2.45) is 5.92 Å². The molecule has 1 aromatic carbocycles. The summed E-state index contributed by atoms with van der Waals surface area (Å²) in [7, 11) is 0. The van der Waals surface area contributed by atoms with Crippen LogP contribution in [0.3, 0.4) is 0 Å². The SMILES string of the molecule is CC(CN1CCCC1)Cn1c(CCl)nc2cccc(Cl)c21. The minimum Gasteiger partial charge on any atom is -0.325 e. The van der Waals surface area contributed by atoms with Crippen LogP contribution in [-0.4, -0.2) is 34.1 Å². The van der Waals surface area contributed by atoms with E-state index in [1.807, 2.05) is 18.2 Å². The second-order valence-electron chi connectivity index (χ2n) is 5.99. The van der Waals surface area contributed by atoms with Crippen LogP contribution < -0.4 is 0 Å². The van der Waals surface area contributed by atoms with Crippen LogP contribution in [0.4, 0.5) is 0 Å². The minimum atomic E-state index is 0.418. The molecule has 1 aromatic heterocycles.